The van der Waals surface area contributed by atoms with Gasteiger partial charge in [0.05, 0.1) is 25.4 Å². The van der Waals surface area contributed by atoms with Gasteiger partial charge in [-0.2, -0.15) is 0 Å². The van der Waals surface area contributed by atoms with Crippen LogP contribution in [0.4, 0.5) is 0 Å². The predicted octanol–water partition coefficient (Wildman–Crippen LogP) is 13.6. The van der Waals surface area contributed by atoms with Gasteiger partial charge in [0.25, 0.3) is 0 Å². The lowest BCUT2D eigenvalue weighted by Gasteiger charge is -2.41. The molecule has 1 aliphatic rings. The molecule has 1 amide bonds. The van der Waals surface area contributed by atoms with Crippen LogP contribution in [-0.2, 0) is 23.8 Å². The molecule has 8 atom stereocenters. The molecule has 0 aromatic heterocycles. The fraction of sp³-hybridized carbons (Fsp3) is 0.774. The quantitative estimate of drug-likeness (QED) is 0.0195. The van der Waals surface area contributed by atoms with Gasteiger partial charge in [-0.15, -0.1) is 0 Å². The monoisotopic (exact) mass is 1030 g/mol. The molecule has 1 fully saturated rings. The number of aliphatic hydroxyl groups is 5. The van der Waals surface area contributed by atoms with Gasteiger partial charge < -0.3 is 45.1 Å². The molecular formula is C62H109NO10. The first-order chi connectivity index (χ1) is 35.7. The van der Waals surface area contributed by atoms with Gasteiger partial charge in [-0.1, -0.05) is 222 Å². The Labute approximate surface area is 445 Å². The van der Waals surface area contributed by atoms with Crippen LogP contribution in [0.2, 0.25) is 0 Å². The van der Waals surface area contributed by atoms with E-state index in [9.17, 15) is 35.1 Å². The number of esters is 1. The minimum atomic E-state index is -1.62. The molecule has 1 aliphatic heterocycles. The summed E-state index contributed by atoms with van der Waals surface area (Å²) < 4.78 is 17.6. The van der Waals surface area contributed by atoms with Crippen molar-refractivity contribution < 1.29 is 49.3 Å². The zero-order valence-electron chi connectivity index (χ0n) is 46.5. The molecule has 0 spiro atoms. The number of hydrogen-bond donors (Lipinski definition) is 6. The molecule has 6 N–H and O–H groups in total. The van der Waals surface area contributed by atoms with Gasteiger partial charge in [-0.25, -0.2) is 0 Å². The van der Waals surface area contributed by atoms with Crippen molar-refractivity contribution in [3.63, 3.8) is 0 Å². The maximum atomic E-state index is 13.3. The Bertz CT molecular complexity index is 1460. The lowest BCUT2D eigenvalue weighted by molar-refractivity contribution is -0.305. The Morgan fingerprint density at radius 1 is 0.534 bits per heavy atom. The number of ether oxygens (including phenoxy) is 3. The zero-order valence-corrected chi connectivity index (χ0v) is 46.5. The number of rotatable bonds is 49. The lowest BCUT2D eigenvalue weighted by atomic mass is 9.99. The molecule has 73 heavy (non-hydrogen) atoms. The average molecular weight is 1030 g/mol. The minimum Gasteiger partial charge on any atom is -0.454 e. The molecule has 422 valence electrons. The van der Waals surface area contributed by atoms with E-state index in [0.717, 1.165) is 116 Å². The van der Waals surface area contributed by atoms with E-state index in [0.29, 0.717) is 12.8 Å². The lowest BCUT2D eigenvalue weighted by Crippen LogP contribution is -2.61. The average Bonchev–Trinajstić information content (AvgIpc) is 3.39. The van der Waals surface area contributed by atoms with E-state index in [1.54, 1.807) is 6.08 Å². The minimum absolute atomic E-state index is 0.108. The van der Waals surface area contributed by atoms with E-state index < -0.39 is 67.4 Å². The third kappa shape index (κ3) is 38.3. The summed E-state index contributed by atoms with van der Waals surface area (Å²) >= 11 is 0. The van der Waals surface area contributed by atoms with Crippen LogP contribution in [0.1, 0.15) is 245 Å². The van der Waals surface area contributed by atoms with Gasteiger partial charge in [-0.3, -0.25) is 9.59 Å². The van der Waals surface area contributed by atoms with Gasteiger partial charge >= 0.3 is 5.97 Å². The molecular weight excluding hydrogens is 919 g/mol. The Balaban J connectivity index is 2.64. The highest BCUT2D eigenvalue weighted by atomic mass is 16.7. The summed E-state index contributed by atoms with van der Waals surface area (Å²) in [5.74, 6) is -1.22. The highest BCUT2D eigenvalue weighted by molar-refractivity contribution is 5.80. The normalized spacial score (nSPS) is 19.9. The van der Waals surface area contributed by atoms with Gasteiger partial charge in [0.1, 0.15) is 24.4 Å². The summed E-state index contributed by atoms with van der Waals surface area (Å²) in [7, 11) is 0. The van der Waals surface area contributed by atoms with Crippen molar-refractivity contribution in [1.82, 2.24) is 5.32 Å². The van der Waals surface area contributed by atoms with Gasteiger partial charge in [0.2, 0.25) is 5.91 Å². The number of amides is 1. The van der Waals surface area contributed by atoms with Crippen LogP contribution in [0.15, 0.2) is 72.9 Å². The summed E-state index contributed by atoms with van der Waals surface area (Å²) in [5.41, 5.74) is 0. The van der Waals surface area contributed by atoms with Crippen molar-refractivity contribution in [2.24, 2.45) is 0 Å². The molecule has 1 rings (SSSR count). The molecule has 0 aromatic rings. The number of hydrogen-bond acceptors (Lipinski definition) is 10. The van der Waals surface area contributed by atoms with E-state index in [1.165, 1.54) is 83.5 Å². The highest BCUT2D eigenvalue weighted by Gasteiger charge is 2.47. The third-order valence-corrected chi connectivity index (χ3v) is 13.6. The van der Waals surface area contributed by atoms with Crippen LogP contribution in [0.25, 0.3) is 0 Å². The van der Waals surface area contributed by atoms with Crippen LogP contribution in [-0.4, -0.2) is 99.6 Å². The first-order valence-corrected chi connectivity index (χ1v) is 29.7. The van der Waals surface area contributed by atoms with Gasteiger partial charge in [-0.05, 0) is 89.9 Å². The molecule has 0 bridgehead atoms. The first-order valence-electron chi connectivity index (χ1n) is 29.7. The van der Waals surface area contributed by atoms with Crippen LogP contribution < -0.4 is 5.32 Å². The SMILES string of the molecule is CCCC/C=C\CCCCCCC(O)C(=O)NC(COC1OC(CO)C(O)C(O)C1OC(=O)CCCCCCCCC/C=C\C/C=C\C/C=C\C/C=C\CCCCC)C(O)/C=C/CCCCCCCCCCC. The van der Waals surface area contributed by atoms with E-state index in [1.807, 2.05) is 6.08 Å². The van der Waals surface area contributed by atoms with Gasteiger partial charge in [0.15, 0.2) is 12.4 Å². The zero-order chi connectivity index (χ0) is 53.3. The summed E-state index contributed by atoms with van der Waals surface area (Å²) in [4.78, 5) is 26.4. The topological polar surface area (TPSA) is 175 Å². The molecule has 1 saturated heterocycles. The number of unbranched alkanes of at least 4 members (excludes halogenated alkanes) is 25. The number of nitrogens with one attached hydrogen (secondary N) is 1. The predicted molar refractivity (Wildman–Crippen MR) is 301 cm³/mol. The summed E-state index contributed by atoms with van der Waals surface area (Å²) in [6, 6.07) is -1.03. The molecule has 0 radical (unpaired) electrons. The van der Waals surface area contributed by atoms with E-state index in [-0.39, 0.29) is 19.4 Å². The molecule has 8 unspecified atom stereocenters. The van der Waals surface area contributed by atoms with E-state index >= 15 is 0 Å². The molecule has 0 aliphatic carbocycles. The Kier molecular flexibility index (Phi) is 46.6. The summed E-state index contributed by atoms with van der Waals surface area (Å²) in [6.45, 7) is 5.68. The smallest absolute Gasteiger partial charge is 0.306 e. The van der Waals surface area contributed by atoms with E-state index in [2.05, 4.69) is 86.8 Å². The van der Waals surface area contributed by atoms with E-state index in [4.69, 9.17) is 14.2 Å². The molecule has 0 aromatic carbocycles. The van der Waals surface area contributed by atoms with Crippen molar-refractivity contribution >= 4 is 11.9 Å². The van der Waals surface area contributed by atoms with Crippen molar-refractivity contribution in [3.05, 3.63) is 72.9 Å². The largest absolute Gasteiger partial charge is 0.454 e. The summed E-state index contributed by atoms with van der Waals surface area (Å²) in [6.07, 6.45) is 52.4. The van der Waals surface area contributed by atoms with Gasteiger partial charge in [0, 0.05) is 6.42 Å². The van der Waals surface area contributed by atoms with Crippen LogP contribution >= 0.6 is 0 Å². The number of carbonyl (C=O) groups is 2. The number of aliphatic hydroxyl groups excluding tert-OH is 5. The van der Waals surface area contributed by atoms with Crippen molar-refractivity contribution in [3.8, 4) is 0 Å². The second-order valence-corrected chi connectivity index (χ2v) is 20.4. The van der Waals surface area contributed by atoms with Crippen molar-refractivity contribution in [1.29, 1.82) is 0 Å². The standard InChI is InChI=1S/C62H109NO10/c1-4-7-10-13-16-19-22-23-24-25-26-27-28-29-30-31-32-33-35-38-41-44-47-50-57(67)73-60-59(69)58(68)56(51-64)72-62(60)71-52-53(54(65)48-45-42-39-37-34-20-17-14-11-8-5-2)63-61(70)55(66)49-46-43-40-36-21-18-15-12-9-6-3/h15-16,18-19,23-24,26-27,29-30,45,48,53-56,58-60,62,64-66,68-69H,4-14,17,20-22,25,28,31-44,46-47,49-52H2,1-3H3,(H,63,70)/b18-15-,19-16-,24-23-,27-26-,30-29-,48-45+. The highest BCUT2D eigenvalue weighted by Crippen LogP contribution is 2.26. The first kappa shape index (κ1) is 68.1. The molecule has 11 nitrogen and oxygen atoms in total. The van der Waals surface area contributed by atoms with Crippen LogP contribution in [0.3, 0.4) is 0 Å². The van der Waals surface area contributed by atoms with Crippen LogP contribution in [0.5, 0.6) is 0 Å². The second-order valence-electron chi connectivity index (χ2n) is 20.4. The van der Waals surface area contributed by atoms with Crippen LogP contribution in [0, 0.1) is 0 Å². The molecule has 11 heteroatoms. The Hall–Kier alpha value is -2.90. The third-order valence-electron chi connectivity index (χ3n) is 13.6. The Morgan fingerprint density at radius 2 is 0.959 bits per heavy atom. The maximum Gasteiger partial charge on any atom is 0.306 e. The summed E-state index contributed by atoms with van der Waals surface area (Å²) in [5, 5.41) is 56.7. The second kappa shape index (κ2) is 49.9. The van der Waals surface area contributed by atoms with Crippen molar-refractivity contribution in [2.45, 2.75) is 294 Å². The maximum absolute atomic E-state index is 13.3. The molecule has 1 heterocycles. The molecule has 0 saturated carbocycles. The fourth-order valence-corrected chi connectivity index (χ4v) is 8.79. The fourth-order valence-electron chi connectivity index (χ4n) is 8.79. The number of allylic oxidation sites excluding steroid dienone is 11. The Morgan fingerprint density at radius 3 is 1.49 bits per heavy atom. The van der Waals surface area contributed by atoms with Crippen molar-refractivity contribution in [2.75, 3.05) is 13.2 Å². The number of carbonyl (C=O) groups excluding carboxylic acids is 2.